The van der Waals surface area contributed by atoms with Crippen molar-refractivity contribution in [2.45, 2.75) is 13.0 Å². The van der Waals surface area contributed by atoms with Crippen LogP contribution in [0.15, 0.2) is 66.2 Å². The summed E-state index contributed by atoms with van der Waals surface area (Å²) in [5.41, 5.74) is 1.82. The van der Waals surface area contributed by atoms with Gasteiger partial charge < -0.3 is 14.9 Å². The predicted molar refractivity (Wildman–Crippen MR) is 127 cm³/mol. The van der Waals surface area contributed by atoms with Crippen LogP contribution in [0, 0.1) is 6.92 Å². The number of phenols is 1. The molecule has 2 N–H and O–H groups in total. The van der Waals surface area contributed by atoms with Gasteiger partial charge in [-0.1, -0.05) is 40.9 Å². The Kier molecular flexibility index (Phi) is 6.06. The van der Waals surface area contributed by atoms with Crippen LogP contribution < -0.4 is 9.64 Å². The van der Waals surface area contributed by atoms with Gasteiger partial charge in [0.1, 0.15) is 17.3 Å². The Morgan fingerprint density at radius 2 is 1.70 bits per heavy atom. The number of hydrogen-bond acceptors (Lipinski definition) is 5. The number of benzene rings is 3. The minimum atomic E-state index is -1.01. The molecule has 0 aliphatic carbocycles. The van der Waals surface area contributed by atoms with Crippen molar-refractivity contribution in [1.82, 2.24) is 0 Å². The number of Topliss-reactive ketones (excluding diaryl/α,β-unsaturated/α-hetero) is 1. The van der Waals surface area contributed by atoms with Crippen molar-refractivity contribution in [3.63, 3.8) is 0 Å². The Hall–Kier alpha value is -3.48. The van der Waals surface area contributed by atoms with Crippen LogP contribution in [0.3, 0.4) is 0 Å². The van der Waals surface area contributed by atoms with E-state index in [1.807, 2.05) is 6.92 Å². The normalized spacial score (nSPS) is 17.5. The Morgan fingerprint density at radius 3 is 2.33 bits per heavy atom. The number of amides is 1. The molecule has 1 saturated heterocycles. The topological polar surface area (TPSA) is 87.1 Å². The quantitative estimate of drug-likeness (QED) is 0.284. The zero-order valence-corrected chi connectivity index (χ0v) is 19.2. The Labute approximate surface area is 200 Å². The van der Waals surface area contributed by atoms with Crippen molar-refractivity contribution < 1.29 is 24.5 Å². The summed E-state index contributed by atoms with van der Waals surface area (Å²) in [6.45, 7) is 1.83. The van der Waals surface area contributed by atoms with Crippen molar-refractivity contribution in [2.24, 2.45) is 0 Å². The van der Waals surface area contributed by atoms with E-state index in [-0.39, 0.29) is 27.7 Å². The van der Waals surface area contributed by atoms with E-state index in [2.05, 4.69) is 0 Å². The van der Waals surface area contributed by atoms with Gasteiger partial charge in [0, 0.05) is 10.7 Å². The van der Waals surface area contributed by atoms with Crippen LogP contribution in [0.25, 0.3) is 5.76 Å². The maximum absolute atomic E-state index is 13.2. The van der Waals surface area contributed by atoms with E-state index < -0.39 is 17.7 Å². The summed E-state index contributed by atoms with van der Waals surface area (Å²) in [7, 11) is 1.45. The van der Waals surface area contributed by atoms with E-state index >= 15 is 0 Å². The second-order valence-corrected chi connectivity index (χ2v) is 8.40. The molecule has 0 aromatic heterocycles. The monoisotopic (exact) mass is 483 g/mol. The van der Waals surface area contributed by atoms with E-state index in [0.29, 0.717) is 22.0 Å². The lowest BCUT2D eigenvalue weighted by Crippen LogP contribution is -2.29. The lowest BCUT2D eigenvalue weighted by atomic mass is 9.94. The van der Waals surface area contributed by atoms with Gasteiger partial charge in [-0.15, -0.1) is 0 Å². The molecule has 1 fully saturated rings. The summed E-state index contributed by atoms with van der Waals surface area (Å²) in [5.74, 6) is -1.86. The zero-order valence-electron chi connectivity index (χ0n) is 17.7. The maximum atomic E-state index is 13.2. The number of rotatable bonds is 4. The van der Waals surface area contributed by atoms with Crippen molar-refractivity contribution >= 4 is 46.3 Å². The van der Waals surface area contributed by atoms with Crippen LogP contribution in [0.1, 0.15) is 22.7 Å². The molecular formula is C25H19Cl2NO5. The number of carbonyl (C=O) groups is 2. The lowest BCUT2D eigenvalue weighted by Gasteiger charge is -2.26. The molecule has 168 valence electrons. The van der Waals surface area contributed by atoms with E-state index in [0.717, 1.165) is 5.56 Å². The third kappa shape index (κ3) is 4.03. The van der Waals surface area contributed by atoms with E-state index in [1.165, 1.54) is 24.1 Å². The van der Waals surface area contributed by atoms with Gasteiger partial charge in [-0.3, -0.25) is 14.5 Å². The van der Waals surface area contributed by atoms with E-state index in [9.17, 15) is 19.8 Å². The number of aryl methyl sites for hydroxylation is 1. The molecule has 3 aromatic carbocycles. The molecule has 6 nitrogen and oxygen atoms in total. The number of hydrogen-bond donors (Lipinski definition) is 2. The molecule has 4 rings (SSSR count). The summed E-state index contributed by atoms with van der Waals surface area (Å²) in [6, 6.07) is 14.9. The number of aliphatic hydroxyl groups excluding tert-OH is 1. The highest BCUT2D eigenvalue weighted by Crippen LogP contribution is 2.44. The fourth-order valence-electron chi connectivity index (χ4n) is 3.86. The number of ketones is 1. The summed E-state index contributed by atoms with van der Waals surface area (Å²) in [5, 5.41) is 21.7. The lowest BCUT2D eigenvalue weighted by molar-refractivity contribution is -0.132. The van der Waals surface area contributed by atoms with Gasteiger partial charge in [-0.2, -0.15) is 0 Å². The minimum absolute atomic E-state index is 0.0438. The minimum Gasteiger partial charge on any atom is -0.507 e. The summed E-state index contributed by atoms with van der Waals surface area (Å²) < 4.78 is 5.37. The molecule has 1 heterocycles. The summed E-state index contributed by atoms with van der Waals surface area (Å²) >= 11 is 12.1. The molecular weight excluding hydrogens is 465 g/mol. The van der Waals surface area contributed by atoms with E-state index in [4.69, 9.17) is 27.9 Å². The number of nitrogens with zero attached hydrogens (tertiary/aromatic N) is 1. The molecule has 1 amide bonds. The number of aromatic hydroxyl groups is 1. The van der Waals surface area contributed by atoms with Crippen LogP contribution >= 0.6 is 23.2 Å². The Morgan fingerprint density at radius 1 is 1.00 bits per heavy atom. The second-order valence-electron chi connectivity index (χ2n) is 7.56. The van der Waals surface area contributed by atoms with Crippen LogP contribution in [0.2, 0.25) is 10.0 Å². The van der Waals surface area contributed by atoms with Gasteiger partial charge in [-0.25, -0.2) is 0 Å². The molecule has 1 atom stereocenters. The highest BCUT2D eigenvalue weighted by atomic mass is 35.5. The fraction of sp³-hybridized carbons (Fsp3) is 0.120. The molecule has 0 bridgehead atoms. The molecule has 1 aliphatic rings. The number of methoxy groups -OCH3 is 1. The van der Waals surface area contributed by atoms with Crippen molar-refractivity contribution in [3.05, 3.63) is 93.0 Å². The highest BCUT2D eigenvalue weighted by Gasteiger charge is 2.47. The molecule has 1 unspecified atom stereocenters. The van der Waals surface area contributed by atoms with Crippen LogP contribution in [0.5, 0.6) is 11.5 Å². The smallest absolute Gasteiger partial charge is 0.300 e. The van der Waals surface area contributed by atoms with Crippen LogP contribution in [0.4, 0.5) is 5.69 Å². The Bertz CT molecular complexity index is 1300. The molecule has 8 heteroatoms. The van der Waals surface area contributed by atoms with Crippen molar-refractivity contribution in [3.8, 4) is 11.5 Å². The molecule has 0 spiro atoms. The number of aliphatic hydroxyl groups is 1. The largest absolute Gasteiger partial charge is 0.507 e. The van der Waals surface area contributed by atoms with Crippen LogP contribution in [-0.4, -0.2) is 29.0 Å². The van der Waals surface area contributed by atoms with Crippen LogP contribution in [-0.2, 0) is 9.59 Å². The van der Waals surface area contributed by atoms with Gasteiger partial charge in [0.15, 0.2) is 0 Å². The van der Waals surface area contributed by atoms with Crippen molar-refractivity contribution in [2.75, 3.05) is 12.0 Å². The average Bonchev–Trinajstić information content (AvgIpc) is 3.06. The highest BCUT2D eigenvalue weighted by molar-refractivity contribution is 6.51. The Balaban J connectivity index is 2.00. The molecule has 3 aromatic rings. The molecule has 0 saturated carbocycles. The fourth-order valence-corrected chi connectivity index (χ4v) is 4.18. The first-order valence-electron chi connectivity index (χ1n) is 9.93. The van der Waals surface area contributed by atoms with E-state index in [1.54, 1.807) is 48.5 Å². The molecule has 0 radical (unpaired) electrons. The number of halogens is 2. The third-order valence-electron chi connectivity index (χ3n) is 5.45. The van der Waals surface area contributed by atoms with Gasteiger partial charge >= 0.3 is 0 Å². The van der Waals surface area contributed by atoms with Gasteiger partial charge in [-0.05, 0) is 61.0 Å². The van der Waals surface area contributed by atoms with Gasteiger partial charge in [0.25, 0.3) is 11.7 Å². The maximum Gasteiger partial charge on any atom is 0.300 e. The summed E-state index contributed by atoms with van der Waals surface area (Å²) in [4.78, 5) is 27.7. The number of carbonyl (C=O) groups excluding carboxylic acids is 2. The molecule has 1 aliphatic heterocycles. The SMILES string of the molecule is COc1ccc(C)cc1/C(O)=C1\C(=O)C(=O)N(c2ccc(Cl)cc2)C1c1ccc(O)c(Cl)c1. The first kappa shape index (κ1) is 22.7. The average molecular weight is 484 g/mol. The first-order chi connectivity index (χ1) is 15.7. The first-order valence-corrected chi connectivity index (χ1v) is 10.7. The molecule has 33 heavy (non-hydrogen) atoms. The number of ether oxygens (including phenoxy) is 1. The van der Waals surface area contributed by atoms with Gasteiger partial charge in [0.2, 0.25) is 0 Å². The summed E-state index contributed by atoms with van der Waals surface area (Å²) in [6.07, 6.45) is 0. The predicted octanol–water partition coefficient (Wildman–Crippen LogP) is 5.64. The third-order valence-corrected chi connectivity index (χ3v) is 6.00. The standard InChI is InChI=1S/C25H19Cl2NO5/c1-13-3-10-20(33-2)17(11-13)23(30)21-22(14-4-9-19(29)18(27)12-14)28(25(32)24(21)31)16-7-5-15(26)6-8-16/h3-12,22,29-30H,1-2H3/b23-21+. The number of phenolic OH excluding ortho intramolecular Hbond substituents is 1. The zero-order chi connectivity index (χ0) is 23.9. The number of anilines is 1. The van der Waals surface area contributed by atoms with Crippen molar-refractivity contribution in [1.29, 1.82) is 0 Å². The second kappa shape index (κ2) is 8.81. The van der Waals surface area contributed by atoms with Gasteiger partial charge in [0.05, 0.1) is 29.3 Å².